The summed E-state index contributed by atoms with van der Waals surface area (Å²) in [5.41, 5.74) is 3.51. The summed E-state index contributed by atoms with van der Waals surface area (Å²) in [4.78, 5) is 36.6. The van der Waals surface area contributed by atoms with Gasteiger partial charge < -0.3 is 14.8 Å². The number of ether oxygens (including phenoxy) is 2. The van der Waals surface area contributed by atoms with E-state index in [4.69, 9.17) is 21.1 Å². The van der Waals surface area contributed by atoms with E-state index in [9.17, 15) is 18.8 Å². The molecule has 8 nitrogen and oxygen atoms in total. The van der Waals surface area contributed by atoms with E-state index in [2.05, 4.69) is 31.8 Å². The summed E-state index contributed by atoms with van der Waals surface area (Å²) in [6.45, 7) is 1.60. The van der Waals surface area contributed by atoms with E-state index >= 15 is 0 Å². The molecular formula is C24H18BrClFN3O5. The first-order valence-corrected chi connectivity index (χ1v) is 11.1. The van der Waals surface area contributed by atoms with Crippen LogP contribution < -0.4 is 20.2 Å². The van der Waals surface area contributed by atoms with Crippen LogP contribution in [0.15, 0.2) is 70.2 Å². The van der Waals surface area contributed by atoms with E-state index in [1.54, 1.807) is 43.3 Å². The van der Waals surface area contributed by atoms with Crippen molar-refractivity contribution in [2.24, 2.45) is 5.10 Å². The van der Waals surface area contributed by atoms with Crippen molar-refractivity contribution in [3.05, 3.63) is 87.1 Å². The molecule has 0 aliphatic carbocycles. The molecule has 0 atom stereocenters. The molecule has 3 aromatic carbocycles. The summed E-state index contributed by atoms with van der Waals surface area (Å²) in [5, 5.41) is 6.01. The van der Waals surface area contributed by atoms with Crippen molar-refractivity contribution < 1.29 is 28.2 Å². The molecule has 3 rings (SSSR count). The number of methoxy groups -OCH3 is 1. The average molecular weight is 563 g/mol. The monoisotopic (exact) mass is 561 g/mol. The van der Waals surface area contributed by atoms with Crippen molar-refractivity contribution in [2.45, 2.75) is 6.92 Å². The lowest BCUT2D eigenvalue weighted by molar-refractivity contribution is -0.136. The third-order valence-electron chi connectivity index (χ3n) is 4.59. The summed E-state index contributed by atoms with van der Waals surface area (Å²) in [5.74, 6) is -2.85. The van der Waals surface area contributed by atoms with Crippen molar-refractivity contribution in [3.8, 4) is 11.5 Å². The molecule has 0 unspecified atom stereocenters. The Morgan fingerprint density at radius 1 is 1.00 bits per heavy atom. The van der Waals surface area contributed by atoms with Gasteiger partial charge in [0.05, 0.1) is 23.4 Å². The normalized spacial score (nSPS) is 10.9. The number of hydrogen-bond acceptors (Lipinski definition) is 6. The highest BCUT2D eigenvalue weighted by Gasteiger charge is 2.17. The maximum atomic E-state index is 13.2. The smallest absolute Gasteiger partial charge is 0.344 e. The van der Waals surface area contributed by atoms with Crippen LogP contribution in [-0.2, 0) is 9.59 Å². The van der Waals surface area contributed by atoms with Gasteiger partial charge in [-0.1, -0.05) is 23.7 Å². The van der Waals surface area contributed by atoms with Crippen LogP contribution in [0.3, 0.4) is 0 Å². The molecule has 0 aliphatic heterocycles. The lowest BCUT2D eigenvalue weighted by atomic mass is 10.1. The van der Waals surface area contributed by atoms with Crippen LogP contribution in [0, 0.1) is 5.82 Å². The van der Waals surface area contributed by atoms with Gasteiger partial charge in [0.1, 0.15) is 5.82 Å². The number of benzene rings is 3. The summed E-state index contributed by atoms with van der Waals surface area (Å²) < 4.78 is 24.6. The lowest BCUT2D eigenvalue weighted by Gasteiger charge is -2.12. The largest absolute Gasteiger partial charge is 0.493 e. The first-order valence-electron chi connectivity index (χ1n) is 9.95. The van der Waals surface area contributed by atoms with Crippen LogP contribution in [-0.4, -0.2) is 30.6 Å². The molecule has 0 saturated carbocycles. The van der Waals surface area contributed by atoms with Crippen molar-refractivity contribution in [1.29, 1.82) is 0 Å². The number of esters is 1. The highest BCUT2D eigenvalue weighted by Crippen LogP contribution is 2.30. The van der Waals surface area contributed by atoms with E-state index in [1.807, 2.05) is 0 Å². The number of nitrogens with one attached hydrogen (secondary N) is 2. The molecule has 0 radical (unpaired) electrons. The van der Waals surface area contributed by atoms with Gasteiger partial charge in [-0.3, -0.25) is 9.59 Å². The van der Waals surface area contributed by atoms with Crippen LogP contribution in [0.25, 0.3) is 0 Å². The number of amides is 2. The number of hydrazone groups is 1. The highest BCUT2D eigenvalue weighted by atomic mass is 79.9. The van der Waals surface area contributed by atoms with Crippen LogP contribution in [0.5, 0.6) is 11.5 Å². The minimum absolute atomic E-state index is 0.148. The lowest BCUT2D eigenvalue weighted by Crippen LogP contribution is -2.33. The zero-order chi connectivity index (χ0) is 25.5. The first kappa shape index (κ1) is 25.9. The van der Waals surface area contributed by atoms with E-state index < -0.39 is 23.6 Å². The Morgan fingerprint density at radius 3 is 2.43 bits per heavy atom. The summed E-state index contributed by atoms with van der Waals surface area (Å²) >= 11 is 8.97. The molecule has 11 heteroatoms. The van der Waals surface area contributed by atoms with Gasteiger partial charge in [0.25, 0.3) is 0 Å². The van der Waals surface area contributed by atoms with Gasteiger partial charge in [-0.2, -0.15) is 5.10 Å². The molecule has 35 heavy (non-hydrogen) atoms. The van der Waals surface area contributed by atoms with Gasteiger partial charge >= 0.3 is 17.8 Å². The molecule has 0 saturated heterocycles. The molecule has 2 amide bonds. The predicted octanol–water partition coefficient (Wildman–Crippen LogP) is 4.95. The Morgan fingerprint density at radius 2 is 1.74 bits per heavy atom. The van der Waals surface area contributed by atoms with Gasteiger partial charge in [0.15, 0.2) is 11.5 Å². The van der Waals surface area contributed by atoms with E-state index in [-0.39, 0.29) is 22.2 Å². The van der Waals surface area contributed by atoms with Gasteiger partial charge in [-0.05, 0) is 71.4 Å². The van der Waals surface area contributed by atoms with Gasteiger partial charge in [0, 0.05) is 15.7 Å². The number of carbonyl (C=O) groups excluding carboxylic acids is 3. The highest BCUT2D eigenvalue weighted by molar-refractivity contribution is 9.10. The Balaban J connectivity index is 1.67. The van der Waals surface area contributed by atoms with E-state index in [0.29, 0.717) is 21.3 Å². The van der Waals surface area contributed by atoms with Crippen molar-refractivity contribution in [1.82, 2.24) is 5.43 Å². The molecule has 180 valence electrons. The van der Waals surface area contributed by atoms with Gasteiger partial charge in [0.2, 0.25) is 0 Å². The van der Waals surface area contributed by atoms with Gasteiger partial charge in [-0.15, -0.1) is 0 Å². The maximum absolute atomic E-state index is 13.2. The second kappa shape index (κ2) is 11.6. The second-order valence-corrected chi connectivity index (χ2v) is 8.22. The standard InChI is InChI=1S/C24H18BrClFN3O5/c1-13(29-30-23(32)22(31)28-15-8-9-19(27)18(26)12-15)14-7-10-20(21(11-14)34-2)35-24(33)16-5-3-4-6-17(16)25/h3-12H,1-2H3,(H,28,31)(H,30,32)/b29-13+. The van der Waals surface area contributed by atoms with E-state index in [0.717, 1.165) is 6.07 Å². The fraction of sp³-hybridized carbons (Fsp3) is 0.0833. The number of anilines is 1. The first-order chi connectivity index (χ1) is 16.7. The van der Waals surface area contributed by atoms with Crippen molar-refractivity contribution in [3.63, 3.8) is 0 Å². The zero-order valence-electron chi connectivity index (χ0n) is 18.4. The van der Waals surface area contributed by atoms with E-state index in [1.165, 1.54) is 25.3 Å². The fourth-order valence-corrected chi connectivity index (χ4v) is 3.40. The molecule has 0 aromatic heterocycles. The Kier molecular flexibility index (Phi) is 8.56. The number of carbonyl (C=O) groups is 3. The third kappa shape index (κ3) is 6.65. The molecule has 0 spiro atoms. The molecule has 2 N–H and O–H groups in total. The van der Waals surface area contributed by atoms with Crippen LogP contribution in [0.1, 0.15) is 22.8 Å². The van der Waals surface area contributed by atoms with Crippen LogP contribution in [0.2, 0.25) is 5.02 Å². The Bertz CT molecular complexity index is 1330. The van der Waals surface area contributed by atoms with Crippen molar-refractivity contribution in [2.75, 3.05) is 12.4 Å². The van der Waals surface area contributed by atoms with Gasteiger partial charge in [-0.25, -0.2) is 14.6 Å². The Hall–Kier alpha value is -3.76. The summed E-state index contributed by atoms with van der Waals surface area (Å²) in [6.07, 6.45) is 0. The van der Waals surface area contributed by atoms with Crippen LogP contribution >= 0.6 is 27.5 Å². The topological polar surface area (TPSA) is 106 Å². The number of halogens is 3. The van der Waals surface area contributed by atoms with Crippen LogP contribution in [0.4, 0.5) is 10.1 Å². The number of rotatable bonds is 6. The summed E-state index contributed by atoms with van der Waals surface area (Å²) in [6, 6.07) is 15.0. The second-order valence-electron chi connectivity index (χ2n) is 6.96. The van der Waals surface area contributed by atoms with Crippen molar-refractivity contribution >= 4 is 56.7 Å². The Labute approximate surface area is 213 Å². The molecule has 0 fully saturated rings. The minimum atomic E-state index is -1.05. The number of nitrogens with zero attached hydrogens (tertiary/aromatic N) is 1. The molecule has 0 aliphatic rings. The molecule has 0 bridgehead atoms. The summed E-state index contributed by atoms with van der Waals surface area (Å²) in [7, 11) is 1.41. The predicted molar refractivity (Wildman–Crippen MR) is 132 cm³/mol. The molecule has 0 heterocycles. The minimum Gasteiger partial charge on any atom is -0.493 e. The SMILES string of the molecule is COc1cc(/C(C)=N/NC(=O)C(=O)Nc2ccc(F)c(Cl)c2)ccc1OC(=O)c1ccccc1Br. The third-order valence-corrected chi connectivity index (χ3v) is 5.57. The quantitative estimate of drug-likeness (QED) is 0.145. The fourth-order valence-electron chi connectivity index (χ4n) is 2.77. The maximum Gasteiger partial charge on any atom is 0.344 e. The zero-order valence-corrected chi connectivity index (χ0v) is 20.7. The number of hydrogen-bond donors (Lipinski definition) is 2. The molecule has 3 aromatic rings. The molecular weight excluding hydrogens is 545 g/mol. The average Bonchev–Trinajstić information content (AvgIpc) is 2.84.